The first-order valence-electron chi connectivity index (χ1n) is 6.92. The molecule has 7 nitrogen and oxygen atoms in total. The summed E-state index contributed by atoms with van der Waals surface area (Å²) in [5.74, 6) is -2.33. The summed E-state index contributed by atoms with van der Waals surface area (Å²) < 4.78 is 0. The number of hydrogen-bond donors (Lipinski definition) is 3. The highest BCUT2D eigenvalue weighted by Gasteiger charge is 2.28. The zero-order valence-corrected chi connectivity index (χ0v) is 11.9. The van der Waals surface area contributed by atoms with Crippen molar-refractivity contribution >= 4 is 23.2 Å². The summed E-state index contributed by atoms with van der Waals surface area (Å²) in [5.41, 5.74) is 1.77. The van der Waals surface area contributed by atoms with Crippen molar-refractivity contribution in [3.05, 3.63) is 59.7 Å². The maximum Gasteiger partial charge on any atom is 0.326 e. The minimum Gasteiger partial charge on any atom is -0.480 e. The van der Waals surface area contributed by atoms with Gasteiger partial charge in [-0.05, 0) is 0 Å². The lowest BCUT2D eigenvalue weighted by atomic mass is 9.92. The van der Waals surface area contributed by atoms with E-state index in [1.807, 2.05) is 0 Å². The van der Waals surface area contributed by atoms with Crippen LogP contribution in [-0.4, -0.2) is 38.7 Å². The molecule has 1 aromatic heterocycles. The number of fused-ring (bicyclic) bond motifs is 1. The van der Waals surface area contributed by atoms with Crippen molar-refractivity contribution in [2.45, 2.75) is 12.5 Å². The Bertz CT molecular complexity index is 808. The standard InChI is InChI=1S/C16H13N3O4/c20-14-6-12(10-3-1-2-4-11(10)15(14)21)19-13(16(22)23)5-9-7-17-8-18-9/h1-4,6-8,13,19H,5H2,(H,17,18)(H,22,23). The first-order valence-corrected chi connectivity index (χ1v) is 6.92. The Balaban J connectivity index is 1.90. The number of aromatic amines is 1. The number of imidazole rings is 1. The molecule has 0 saturated heterocycles. The molecule has 0 amide bonds. The Morgan fingerprint density at radius 2 is 2.00 bits per heavy atom. The highest BCUT2D eigenvalue weighted by Crippen LogP contribution is 2.23. The first-order chi connectivity index (χ1) is 11.1. The minimum absolute atomic E-state index is 0.164. The number of hydrogen-bond acceptors (Lipinski definition) is 5. The van der Waals surface area contributed by atoms with Gasteiger partial charge < -0.3 is 15.4 Å². The number of H-pyrrole nitrogens is 1. The van der Waals surface area contributed by atoms with Crippen LogP contribution >= 0.6 is 0 Å². The van der Waals surface area contributed by atoms with Crippen LogP contribution in [0.1, 0.15) is 21.6 Å². The summed E-state index contributed by atoms with van der Waals surface area (Å²) >= 11 is 0. The Labute approximate surface area is 131 Å². The van der Waals surface area contributed by atoms with E-state index >= 15 is 0 Å². The van der Waals surface area contributed by atoms with Gasteiger partial charge in [-0.15, -0.1) is 0 Å². The van der Waals surface area contributed by atoms with Gasteiger partial charge in [-0.1, -0.05) is 24.3 Å². The number of carbonyl (C=O) groups excluding carboxylic acids is 2. The van der Waals surface area contributed by atoms with Crippen LogP contribution in [0.15, 0.2) is 42.9 Å². The van der Waals surface area contributed by atoms with Gasteiger partial charge in [-0.2, -0.15) is 0 Å². The molecular formula is C16H13N3O4. The number of allylic oxidation sites excluding steroid dienone is 1. The summed E-state index contributed by atoms with van der Waals surface area (Å²) in [6, 6.07) is 5.65. The van der Waals surface area contributed by atoms with Gasteiger partial charge in [0.1, 0.15) is 6.04 Å². The molecule has 0 aliphatic heterocycles. The summed E-state index contributed by atoms with van der Waals surface area (Å²) in [6.45, 7) is 0. The average Bonchev–Trinajstić information content (AvgIpc) is 3.04. The van der Waals surface area contributed by atoms with Crippen LogP contribution in [0.2, 0.25) is 0 Å². The zero-order valence-electron chi connectivity index (χ0n) is 11.9. The van der Waals surface area contributed by atoms with Crippen LogP contribution in [0.5, 0.6) is 0 Å². The third kappa shape index (κ3) is 2.89. The molecule has 23 heavy (non-hydrogen) atoms. The number of Topliss-reactive ketones (excluding diaryl/α,β-unsaturated/α-hetero) is 1. The van der Waals surface area contributed by atoms with Gasteiger partial charge in [0.05, 0.1) is 6.33 Å². The molecule has 1 aliphatic carbocycles. The highest BCUT2D eigenvalue weighted by molar-refractivity contribution is 6.50. The smallest absolute Gasteiger partial charge is 0.326 e. The van der Waals surface area contributed by atoms with E-state index in [-0.39, 0.29) is 12.0 Å². The number of carboxylic acids is 1. The van der Waals surface area contributed by atoms with E-state index in [1.165, 1.54) is 12.5 Å². The van der Waals surface area contributed by atoms with Crippen LogP contribution < -0.4 is 5.32 Å². The Kier molecular flexibility index (Phi) is 3.76. The van der Waals surface area contributed by atoms with Crippen LogP contribution in [-0.2, 0) is 16.0 Å². The summed E-state index contributed by atoms with van der Waals surface area (Å²) in [4.78, 5) is 41.9. The number of nitrogens with one attached hydrogen (secondary N) is 2. The number of carboxylic acid groups (broad SMARTS) is 1. The summed E-state index contributed by atoms with van der Waals surface area (Å²) in [7, 11) is 0. The topological polar surface area (TPSA) is 112 Å². The highest BCUT2D eigenvalue weighted by atomic mass is 16.4. The van der Waals surface area contributed by atoms with E-state index in [9.17, 15) is 19.5 Å². The Morgan fingerprint density at radius 1 is 1.26 bits per heavy atom. The predicted molar refractivity (Wildman–Crippen MR) is 80.6 cm³/mol. The second kappa shape index (κ2) is 5.88. The van der Waals surface area contributed by atoms with Crippen LogP contribution in [0.3, 0.4) is 0 Å². The lowest BCUT2D eigenvalue weighted by molar-refractivity contribution is -0.139. The Morgan fingerprint density at radius 3 is 2.65 bits per heavy atom. The van der Waals surface area contributed by atoms with Crippen molar-refractivity contribution in [1.82, 2.24) is 15.3 Å². The molecule has 0 fully saturated rings. The molecule has 1 heterocycles. The number of rotatable bonds is 5. The molecule has 116 valence electrons. The van der Waals surface area contributed by atoms with Crippen LogP contribution in [0.25, 0.3) is 5.70 Å². The normalized spacial score (nSPS) is 14.9. The lowest BCUT2D eigenvalue weighted by Gasteiger charge is -2.21. The van der Waals surface area contributed by atoms with Crippen LogP contribution in [0, 0.1) is 0 Å². The fourth-order valence-corrected chi connectivity index (χ4v) is 2.45. The fraction of sp³-hybridized carbons (Fsp3) is 0.125. The van der Waals surface area contributed by atoms with Crippen molar-refractivity contribution in [2.75, 3.05) is 0 Å². The molecule has 1 aromatic carbocycles. The molecule has 2 aromatic rings. The molecule has 0 bridgehead atoms. The van der Waals surface area contributed by atoms with Crippen molar-refractivity contribution in [3.8, 4) is 0 Å². The van der Waals surface area contributed by atoms with E-state index in [0.29, 0.717) is 17.0 Å². The molecule has 1 unspecified atom stereocenters. The number of nitrogens with zero attached hydrogens (tertiary/aromatic N) is 1. The minimum atomic E-state index is -1.07. The number of aliphatic carboxylic acids is 1. The molecule has 0 spiro atoms. The van der Waals surface area contributed by atoms with Gasteiger partial charge >= 0.3 is 5.97 Å². The molecule has 3 N–H and O–H groups in total. The maximum absolute atomic E-state index is 11.9. The fourth-order valence-electron chi connectivity index (χ4n) is 2.45. The van der Waals surface area contributed by atoms with Crippen molar-refractivity contribution in [1.29, 1.82) is 0 Å². The van der Waals surface area contributed by atoms with E-state index < -0.39 is 23.6 Å². The molecule has 3 rings (SSSR count). The van der Waals surface area contributed by atoms with E-state index in [0.717, 1.165) is 6.08 Å². The maximum atomic E-state index is 11.9. The van der Waals surface area contributed by atoms with Crippen LogP contribution in [0.4, 0.5) is 0 Å². The molecular weight excluding hydrogens is 298 g/mol. The molecule has 1 atom stereocenters. The predicted octanol–water partition coefficient (Wildman–Crippen LogP) is 0.801. The average molecular weight is 311 g/mol. The summed E-state index contributed by atoms with van der Waals surface area (Å²) in [6.07, 6.45) is 4.31. The van der Waals surface area contributed by atoms with Gasteiger partial charge in [0.15, 0.2) is 0 Å². The van der Waals surface area contributed by atoms with Gasteiger partial charge in [-0.3, -0.25) is 9.59 Å². The number of ketones is 2. The third-order valence-corrected chi connectivity index (χ3v) is 3.57. The molecule has 0 radical (unpaired) electrons. The van der Waals surface area contributed by atoms with Crippen molar-refractivity contribution in [3.63, 3.8) is 0 Å². The van der Waals surface area contributed by atoms with E-state index in [1.54, 1.807) is 24.3 Å². The van der Waals surface area contributed by atoms with E-state index in [4.69, 9.17) is 0 Å². The van der Waals surface area contributed by atoms with Gasteiger partial charge in [0, 0.05) is 41.2 Å². The van der Waals surface area contributed by atoms with Crippen molar-refractivity contribution in [2.24, 2.45) is 0 Å². The largest absolute Gasteiger partial charge is 0.480 e. The first kappa shape index (κ1) is 14.7. The lowest BCUT2D eigenvalue weighted by Crippen LogP contribution is -2.39. The third-order valence-electron chi connectivity index (χ3n) is 3.57. The van der Waals surface area contributed by atoms with Gasteiger partial charge in [0.2, 0.25) is 11.6 Å². The second-order valence-corrected chi connectivity index (χ2v) is 5.11. The monoisotopic (exact) mass is 311 g/mol. The number of aromatic nitrogens is 2. The number of carbonyl (C=O) groups is 3. The van der Waals surface area contributed by atoms with Gasteiger partial charge in [-0.25, -0.2) is 9.78 Å². The Hall–Kier alpha value is -3.22. The zero-order chi connectivity index (χ0) is 16.4. The quantitative estimate of drug-likeness (QED) is 0.704. The SMILES string of the molecule is O=C1C=C(NC(Cc2cnc[nH]2)C(=O)O)c2ccccc2C1=O. The van der Waals surface area contributed by atoms with Crippen molar-refractivity contribution < 1.29 is 19.5 Å². The molecule has 0 saturated carbocycles. The molecule has 1 aliphatic rings. The summed E-state index contributed by atoms with van der Waals surface area (Å²) in [5, 5.41) is 12.2. The second-order valence-electron chi connectivity index (χ2n) is 5.11. The van der Waals surface area contributed by atoms with Gasteiger partial charge in [0.25, 0.3) is 0 Å². The van der Waals surface area contributed by atoms with E-state index in [2.05, 4.69) is 15.3 Å². The molecule has 7 heteroatoms. The number of benzene rings is 1.